The van der Waals surface area contributed by atoms with Crippen LogP contribution >= 0.6 is 27.5 Å². The second-order valence-electron chi connectivity index (χ2n) is 4.45. The van der Waals surface area contributed by atoms with Gasteiger partial charge in [0, 0.05) is 10.0 Å². The number of aromatic nitrogens is 3. The summed E-state index contributed by atoms with van der Waals surface area (Å²) in [5.74, 6) is 0.724. The highest BCUT2D eigenvalue weighted by Crippen LogP contribution is 2.30. The molecule has 3 nitrogen and oxygen atoms in total. The fourth-order valence-corrected chi connectivity index (χ4v) is 2.68. The largest absolute Gasteiger partial charge is 0.265 e. The van der Waals surface area contributed by atoms with E-state index in [0.29, 0.717) is 5.28 Å². The van der Waals surface area contributed by atoms with Crippen LogP contribution in [0.1, 0.15) is 5.56 Å². The van der Waals surface area contributed by atoms with Gasteiger partial charge in [-0.25, -0.2) is 0 Å². The first-order valence-corrected chi connectivity index (χ1v) is 7.27. The summed E-state index contributed by atoms with van der Waals surface area (Å²) >= 11 is 9.78. The number of hydrogen-bond donors (Lipinski definition) is 0. The lowest BCUT2D eigenvalue weighted by atomic mass is 10.2. The smallest absolute Gasteiger partial charge is 0.229 e. The van der Waals surface area contributed by atoms with Gasteiger partial charge in [0.05, 0.1) is 5.69 Å². The average Bonchev–Trinajstić information content (AvgIpc) is 2.84. The van der Waals surface area contributed by atoms with Gasteiger partial charge in [-0.3, -0.25) is 4.57 Å². The van der Waals surface area contributed by atoms with Gasteiger partial charge in [-0.1, -0.05) is 36.4 Å². The maximum atomic E-state index is 6.22. The number of hydrogen-bond acceptors (Lipinski definition) is 2. The van der Waals surface area contributed by atoms with Gasteiger partial charge in [-0.15, -0.1) is 10.2 Å². The van der Waals surface area contributed by atoms with Crippen molar-refractivity contribution in [1.29, 1.82) is 0 Å². The van der Waals surface area contributed by atoms with Crippen molar-refractivity contribution in [3.05, 3.63) is 63.9 Å². The molecule has 0 N–H and O–H groups in total. The Morgan fingerprint density at radius 2 is 1.80 bits per heavy atom. The summed E-state index contributed by atoms with van der Waals surface area (Å²) in [6.45, 7) is 2.04. The molecule has 0 aliphatic carbocycles. The number of rotatable bonds is 2. The SMILES string of the molecule is Cc1ccc(Br)c(-n2c(Cl)nnc2-c2ccccc2)c1. The highest BCUT2D eigenvalue weighted by Gasteiger charge is 2.16. The lowest BCUT2D eigenvalue weighted by Crippen LogP contribution is -1.99. The van der Waals surface area contributed by atoms with E-state index in [1.54, 1.807) is 0 Å². The van der Waals surface area contributed by atoms with Crippen molar-refractivity contribution < 1.29 is 0 Å². The lowest BCUT2D eigenvalue weighted by Gasteiger charge is -2.10. The van der Waals surface area contributed by atoms with Gasteiger partial charge in [0.1, 0.15) is 0 Å². The Morgan fingerprint density at radius 3 is 2.55 bits per heavy atom. The van der Waals surface area contributed by atoms with Crippen molar-refractivity contribution in [1.82, 2.24) is 14.8 Å². The monoisotopic (exact) mass is 347 g/mol. The van der Waals surface area contributed by atoms with Crippen molar-refractivity contribution in [3.63, 3.8) is 0 Å². The average molecular weight is 349 g/mol. The maximum absolute atomic E-state index is 6.22. The van der Waals surface area contributed by atoms with E-state index in [4.69, 9.17) is 11.6 Å². The van der Waals surface area contributed by atoms with Gasteiger partial charge < -0.3 is 0 Å². The molecule has 0 fully saturated rings. The number of aryl methyl sites for hydroxylation is 1. The zero-order chi connectivity index (χ0) is 14.1. The van der Waals surface area contributed by atoms with Crippen LogP contribution in [0.2, 0.25) is 5.28 Å². The molecule has 3 aromatic rings. The van der Waals surface area contributed by atoms with Gasteiger partial charge in [0.15, 0.2) is 5.82 Å². The summed E-state index contributed by atoms with van der Waals surface area (Å²) in [6.07, 6.45) is 0. The van der Waals surface area contributed by atoms with Gasteiger partial charge in [-0.05, 0) is 52.2 Å². The van der Waals surface area contributed by atoms with Crippen LogP contribution in [-0.2, 0) is 0 Å². The molecule has 0 saturated carbocycles. The summed E-state index contributed by atoms with van der Waals surface area (Å²) in [6, 6.07) is 16.0. The molecule has 0 bridgehead atoms. The third-order valence-corrected chi connectivity index (χ3v) is 3.91. The predicted molar refractivity (Wildman–Crippen MR) is 84.2 cm³/mol. The Bertz CT molecular complexity index is 753. The van der Waals surface area contributed by atoms with Crippen LogP contribution in [0.4, 0.5) is 0 Å². The first-order valence-electron chi connectivity index (χ1n) is 6.09. The van der Waals surface area contributed by atoms with Crippen LogP contribution < -0.4 is 0 Å². The molecule has 1 heterocycles. The molecule has 3 rings (SSSR count). The van der Waals surface area contributed by atoms with E-state index in [2.05, 4.69) is 26.1 Å². The summed E-state index contributed by atoms with van der Waals surface area (Å²) < 4.78 is 2.79. The molecule has 0 spiro atoms. The van der Waals surface area contributed by atoms with Crippen molar-refractivity contribution in [2.24, 2.45) is 0 Å². The molecule has 1 aromatic heterocycles. The predicted octanol–water partition coefficient (Wildman–Crippen LogP) is 4.66. The normalized spacial score (nSPS) is 10.8. The Kier molecular flexibility index (Phi) is 3.59. The van der Waals surface area contributed by atoms with Crippen molar-refractivity contribution in [3.8, 4) is 17.1 Å². The first kappa shape index (κ1) is 13.3. The molecule has 0 unspecified atom stereocenters. The Morgan fingerprint density at radius 1 is 1.05 bits per heavy atom. The van der Waals surface area contributed by atoms with Crippen molar-refractivity contribution >= 4 is 27.5 Å². The molecule has 5 heteroatoms. The minimum atomic E-state index is 0.343. The number of nitrogens with zero attached hydrogens (tertiary/aromatic N) is 3. The van der Waals surface area contributed by atoms with Crippen molar-refractivity contribution in [2.75, 3.05) is 0 Å². The molecular formula is C15H11BrClN3. The molecule has 0 amide bonds. The maximum Gasteiger partial charge on any atom is 0.229 e. The molecule has 0 aliphatic heterocycles. The van der Waals surface area contributed by atoms with Crippen LogP contribution in [0.15, 0.2) is 53.0 Å². The highest BCUT2D eigenvalue weighted by molar-refractivity contribution is 9.10. The van der Waals surface area contributed by atoms with E-state index in [-0.39, 0.29) is 0 Å². The van der Waals surface area contributed by atoms with Gasteiger partial charge in [0.2, 0.25) is 5.28 Å². The van der Waals surface area contributed by atoms with E-state index in [9.17, 15) is 0 Å². The Labute approximate surface area is 130 Å². The highest BCUT2D eigenvalue weighted by atomic mass is 79.9. The molecule has 0 atom stereocenters. The first-order chi connectivity index (χ1) is 9.66. The minimum absolute atomic E-state index is 0.343. The molecular weight excluding hydrogens is 338 g/mol. The fourth-order valence-electron chi connectivity index (χ4n) is 2.05. The topological polar surface area (TPSA) is 30.7 Å². The van der Waals surface area contributed by atoms with Gasteiger partial charge >= 0.3 is 0 Å². The number of halogens is 2. The zero-order valence-corrected chi connectivity index (χ0v) is 13.1. The van der Waals surface area contributed by atoms with E-state index in [1.807, 2.05) is 60.0 Å². The second-order valence-corrected chi connectivity index (χ2v) is 5.64. The van der Waals surface area contributed by atoms with Crippen LogP contribution in [0.25, 0.3) is 17.1 Å². The van der Waals surface area contributed by atoms with Gasteiger partial charge in [0.25, 0.3) is 0 Å². The van der Waals surface area contributed by atoms with E-state index in [0.717, 1.165) is 27.1 Å². The quantitative estimate of drug-likeness (QED) is 0.674. The standard InChI is InChI=1S/C15H11BrClN3/c1-10-7-8-12(16)13(9-10)20-14(18-19-15(20)17)11-5-3-2-4-6-11/h2-9H,1H3. The second kappa shape index (κ2) is 5.38. The van der Waals surface area contributed by atoms with E-state index >= 15 is 0 Å². The number of benzene rings is 2. The van der Waals surface area contributed by atoms with Crippen LogP contribution in [-0.4, -0.2) is 14.8 Å². The van der Waals surface area contributed by atoms with Crippen LogP contribution in [0.5, 0.6) is 0 Å². The van der Waals surface area contributed by atoms with E-state index < -0.39 is 0 Å². The van der Waals surface area contributed by atoms with E-state index in [1.165, 1.54) is 0 Å². The molecule has 100 valence electrons. The Hall–Kier alpha value is -1.65. The third-order valence-electron chi connectivity index (χ3n) is 3.00. The molecule has 2 aromatic carbocycles. The summed E-state index contributed by atoms with van der Waals surface area (Å²) in [7, 11) is 0. The van der Waals surface area contributed by atoms with Gasteiger partial charge in [-0.2, -0.15) is 0 Å². The molecule has 0 aliphatic rings. The summed E-state index contributed by atoms with van der Waals surface area (Å²) in [5, 5.41) is 8.53. The third kappa shape index (κ3) is 2.37. The Balaban J connectivity index is 2.24. The summed E-state index contributed by atoms with van der Waals surface area (Å²) in [4.78, 5) is 0. The lowest BCUT2D eigenvalue weighted by molar-refractivity contribution is 1.05. The zero-order valence-electron chi connectivity index (χ0n) is 10.7. The van der Waals surface area contributed by atoms with Crippen LogP contribution in [0, 0.1) is 6.92 Å². The molecule has 0 saturated heterocycles. The molecule has 20 heavy (non-hydrogen) atoms. The fraction of sp³-hybridized carbons (Fsp3) is 0.0667. The van der Waals surface area contributed by atoms with Crippen molar-refractivity contribution in [2.45, 2.75) is 6.92 Å². The summed E-state index contributed by atoms with van der Waals surface area (Å²) in [5.41, 5.74) is 3.05. The molecule has 0 radical (unpaired) electrons. The van der Waals surface area contributed by atoms with Crippen LogP contribution in [0.3, 0.4) is 0 Å². The minimum Gasteiger partial charge on any atom is -0.265 e.